The fourth-order valence-electron chi connectivity index (χ4n) is 2.76. The molecule has 2 aliphatic heterocycles. The summed E-state index contributed by atoms with van der Waals surface area (Å²) >= 11 is 0. The van der Waals surface area contributed by atoms with Gasteiger partial charge in [-0.3, -0.25) is 9.89 Å². The first-order valence-corrected chi connectivity index (χ1v) is 6.27. The first-order valence-electron chi connectivity index (χ1n) is 6.27. The number of aromatic nitrogens is 2. The van der Waals surface area contributed by atoms with E-state index in [1.807, 2.05) is 11.0 Å². The van der Waals surface area contributed by atoms with Gasteiger partial charge in [-0.05, 0) is 31.7 Å². The molecule has 3 rings (SSSR count). The van der Waals surface area contributed by atoms with Crippen molar-refractivity contribution in [1.82, 2.24) is 15.1 Å². The van der Waals surface area contributed by atoms with E-state index in [1.165, 1.54) is 0 Å². The van der Waals surface area contributed by atoms with E-state index < -0.39 is 0 Å². The summed E-state index contributed by atoms with van der Waals surface area (Å²) < 4.78 is 5.48. The number of carbonyl (C=O) groups excluding carboxylic acids is 1. The van der Waals surface area contributed by atoms with E-state index in [0.29, 0.717) is 0 Å². The molecule has 0 saturated carbocycles. The zero-order valence-electron chi connectivity index (χ0n) is 9.76. The van der Waals surface area contributed by atoms with Crippen LogP contribution in [0.15, 0.2) is 12.3 Å². The second-order valence-corrected chi connectivity index (χ2v) is 4.70. The lowest BCUT2D eigenvalue weighted by molar-refractivity contribution is -0.142. The van der Waals surface area contributed by atoms with Gasteiger partial charge in [0.05, 0.1) is 11.7 Å². The number of nitrogens with one attached hydrogen (secondary N) is 1. The Hall–Kier alpha value is -1.36. The Morgan fingerprint density at radius 2 is 2.41 bits per heavy atom. The monoisotopic (exact) mass is 235 g/mol. The van der Waals surface area contributed by atoms with Crippen molar-refractivity contribution in [1.29, 1.82) is 0 Å². The summed E-state index contributed by atoms with van der Waals surface area (Å²) in [6.07, 6.45) is 5.47. The Bertz CT molecular complexity index is 384. The van der Waals surface area contributed by atoms with Crippen molar-refractivity contribution in [2.45, 2.75) is 37.8 Å². The zero-order valence-corrected chi connectivity index (χ0v) is 9.76. The molecule has 1 aromatic rings. The van der Waals surface area contributed by atoms with Gasteiger partial charge in [-0.15, -0.1) is 0 Å². The van der Waals surface area contributed by atoms with Gasteiger partial charge in [0.2, 0.25) is 0 Å². The van der Waals surface area contributed by atoms with E-state index in [2.05, 4.69) is 10.2 Å². The minimum absolute atomic E-state index is 0.152. The Morgan fingerprint density at radius 1 is 1.47 bits per heavy atom. The van der Waals surface area contributed by atoms with Crippen LogP contribution in [0.25, 0.3) is 0 Å². The topological polar surface area (TPSA) is 58.2 Å². The number of carbonyl (C=O) groups is 1. The van der Waals surface area contributed by atoms with Crippen LogP contribution in [0.3, 0.4) is 0 Å². The molecular weight excluding hydrogens is 218 g/mol. The van der Waals surface area contributed by atoms with Crippen molar-refractivity contribution in [3.63, 3.8) is 0 Å². The van der Waals surface area contributed by atoms with Crippen molar-refractivity contribution in [3.8, 4) is 0 Å². The minimum Gasteiger partial charge on any atom is -0.368 e. The van der Waals surface area contributed by atoms with Crippen molar-refractivity contribution in [2.75, 3.05) is 13.2 Å². The fraction of sp³-hybridized carbons (Fsp3) is 0.667. The van der Waals surface area contributed by atoms with Gasteiger partial charge in [-0.25, -0.2) is 0 Å². The van der Waals surface area contributed by atoms with E-state index in [-0.39, 0.29) is 18.1 Å². The minimum atomic E-state index is -0.210. The van der Waals surface area contributed by atoms with Gasteiger partial charge < -0.3 is 9.64 Å². The summed E-state index contributed by atoms with van der Waals surface area (Å²) in [5, 5.41) is 6.93. The van der Waals surface area contributed by atoms with Crippen LogP contribution in [0.1, 0.15) is 37.4 Å². The maximum atomic E-state index is 12.3. The van der Waals surface area contributed by atoms with Gasteiger partial charge >= 0.3 is 0 Å². The third kappa shape index (κ3) is 1.95. The van der Waals surface area contributed by atoms with Gasteiger partial charge in [0, 0.05) is 19.3 Å². The van der Waals surface area contributed by atoms with Crippen molar-refractivity contribution in [2.24, 2.45) is 0 Å². The number of hydrogen-bond donors (Lipinski definition) is 1. The lowest BCUT2D eigenvalue weighted by atomic mass is 10.1. The number of rotatable bonds is 2. The maximum Gasteiger partial charge on any atom is 0.252 e. The predicted octanol–water partition coefficient (Wildman–Crippen LogP) is 1.25. The van der Waals surface area contributed by atoms with E-state index in [1.54, 1.807) is 6.20 Å². The fourth-order valence-corrected chi connectivity index (χ4v) is 2.76. The Labute approximate surface area is 100 Å². The van der Waals surface area contributed by atoms with E-state index in [4.69, 9.17) is 4.74 Å². The van der Waals surface area contributed by atoms with E-state index >= 15 is 0 Å². The molecule has 1 aromatic heterocycles. The molecule has 1 amide bonds. The molecule has 1 N–H and O–H groups in total. The van der Waals surface area contributed by atoms with Gasteiger partial charge in [0.25, 0.3) is 5.91 Å². The summed E-state index contributed by atoms with van der Waals surface area (Å²) in [5.74, 6) is 0.152. The number of nitrogens with zero attached hydrogens (tertiary/aromatic N) is 2. The normalized spacial score (nSPS) is 28.8. The molecule has 2 atom stereocenters. The van der Waals surface area contributed by atoms with Crippen LogP contribution in [-0.2, 0) is 9.53 Å². The third-order valence-corrected chi connectivity index (χ3v) is 3.62. The third-order valence-electron chi connectivity index (χ3n) is 3.62. The van der Waals surface area contributed by atoms with E-state index in [0.717, 1.165) is 44.5 Å². The van der Waals surface area contributed by atoms with Crippen LogP contribution in [0.2, 0.25) is 0 Å². The summed E-state index contributed by atoms with van der Waals surface area (Å²) in [6.45, 7) is 1.56. The molecule has 5 nitrogen and oxygen atoms in total. The lowest BCUT2D eigenvalue weighted by Gasteiger charge is -2.26. The molecule has 0 spiro atoms. The maximum absolute atomic E-state index is 12.3. The molecule has 0 aliphatic carbocycles. The summed E-state index contributed by atoms with van der Waals surface area (Å²) in [5.41, 5.74) is 1.04. The second-order valence-electron chi connectivity index (χ2n) is 4.70. The Balaban J connectivity index is 1.75. The molecule has 0 radical (unpaired) electrons. The van der Waals surface area contributed by atoms with Crippen LogP contribution in [0.4, 0.5) is 0 Å². The zero-order chi connectivity index (χ0) is 11.7. The number of amides is 1. The van der Waals surface area contributed by atoms with Gasteiger partial charge in [-0.2, -0.15) is 5.10 Å². The van der Waals surface area contributed by atoms with E-state index in [9.17, 15) is 4.79 Å². The molecule has 0 bridgehead atoms. The van der Waals surface area contributed by atoms with Crippen molar-refractivity contribution >= 4 is 5.91 Å². The molecule has 0 unspecified atom stereocenters. The van der Waals surface area contributed by atoms with Crippen LogP contribution < -0.4 is 0 Å². The molecule has 2 fully saturated rings. The highest BCUT2D eigenvalue weighted by molar-refractivity contribution is 5.81. The molecule has 17 heavy (non-hydrogen) atoms. The highest BCUT2D eigenvalue weighted by Gasteiger charge is 2.36. The van der Waals surface area contributed by atoms with Gasteiger partial charge in [-0.1, -0.05) is 0 Å². The second kappa shape index (κ2) is 4.49. The highest BCUT2D eigenvalue weighted by atomic mass is 16.5. The highest BCUT2D eigenvalue weighted by Crippen LogP contribution is 2.32. The Kier molecular flexibility index (Phi) is 2.84. The molecule has 0 aromatic carbocycles. The van der Waals surface area contributed by atoms with Crippen molar-refractivity contribution < 1.29 is 9.53 Å². The smallest absolute Gasteiger partial charge is 0.252 e. The van der Waals surface area contributed by atoms with Crippen molar-refractivity contribution in [3.05, 3.63) is 18.0 Å². The predicted molar refractivity (Wildman–Crippen MR) is 61.2 cm³/mol. The summed E-state index contributed by atoms with van der Waals surface area (Å²) in [4.78, 5) is 14.3. The average molecular weight is 235 g/mol. The van der Waals surface area contributed by atoms with Crippen LogP contribution in [0, 0.1) is 0 Å². The molecular formula is C12H17N3O2. The summed E-state index contributed by atoms with van der Waals surface area (Å²) in [7, 11) is 0. The average Bonchev–Trinajstić information content (AvgIpc) is 3.09. The quantitative estimate of drug-likeness (QED) is 0.839. The molecule has 92 valence electrons. The van der Waals surface area contributed by atoms with Crippen LogP contribution in [0.5, 0.6) is 0 Å². The van der Waals surface area contributed by atoms with Gasteiger partial charge in [0.1, 0.15) is 6.10 Å². The Morgan fingerprint density at radius 3 is 3.12 bits per heavy atom. The standard InChI is InChI=1S/C12H17N3O2/c16-12(11-4-2-8-17-11)15-7-1-3-10(15)9-5-6-13-14-9/h5-6,10-11H,1-4,7-8H2,(H,13,14)/t10-,11+/m1/s1. The SMILES string of the molecule is O=C([C@@H]1CCCO1)N1CCC[C@@H]1c1ccn[nH]1. The number of likely N-dealkylation sites (tertiary alicyclic amines) is 1. The lowest BCUT2D eigenvalue weighted by Crippen LogP contribution is -2.38. The first-order chi connectivity index (χ1) is 8.36. The first kappa shape index (κ1) is 10.8. The van der Waals surface area contributed by atoms with Gasteiger partial charge in [0.15, 0.2) is 0 Å². The molecule has 2 saturated heterocycles. The number of aromatic amines is 1. The largest absolute Gasteiger partial charge is 0.368 e. The van der Waals surface area contributed by atoms with Crippen LogP contribution >= 0.6 is 0 Å². The molecule has 2 aliphatic rings. The number of H-pyrrole nitrogens is 1. The molecule has 5 heteroatoms. The van der Waals surface area contributed by atoms with Crippen LogP contribution in [-0.4, -0.2) is 40.3 Å². The number of ether oxygens (including phenoxy) is 1. The summed E-state index contributed by atoms with van der Waals surface area (Å²) in [6, 6.07) is 2.11. The molecule has 3 heterocycles. The number of hydrogen-bond acceptors (Lipinski definition) is 3.